The van der Waals surface area contributed by atoms with Crippen molar-refractivity contribution >= 4 is 29.7 Å². The van der Waals surface area contributed by atoms with Crippen LogP contribution in [0.15, 0.2) is 12.1 Å². The molecule has 132 valence electrons. The number of ether oxygens (including phenoxy) is 2. The van der Waals surface area contributed by atoms with Gasteiger partial charge in [0.1, 0.15) is 0 Å². The summed E-state index contributed by atoms with van der Waals surface area (Å²) in [5.74, 6) is 3.08. The molecule has 2 fully saturated rings. The first kappa shape index (κ1) is 17.2. The van der Waals surface area contributed by atoms with E-state index < -0.39 is 0 Å². The van der Waals surface area contributed by atoms with Crippen molar-refractivity contribution in [1.82, 2.24) is 0 Å². The Kier molecular flexibility index (Phi) is 5.09. The van der Waals surface area contributed by atoms with Gasteiger partial charge in [0.05, 0.1) is 11.4 Å². The second kappa shape index (κ2) is 7.09. The molecule has 2 saturated carbocycles. The fraction of sp³-hybridized carbons (Fsp3) is 0.611. The summed E-state index contributed by atoms with van der Waals surface area (Å²) in [7, 11) is 0. The normalized spacial score (nSPS) is 27.8. The maximum absolute atomic E-state index is 12.7. The van der Waals surface area contributed by atoms with Gasteiger partial charge in [-0.05, 0) is 31.1 Å². The van der Waals surface area contributed by atoms with E-state index in [4.69, 9.17) is 15.2 Å². The largest absolute Gasteiger partial charge is 0.454 e. The molecular formula is C18H25ClN2O3. The molecule has 4 rings (SSSR count). The van der Waals surface area contributed by atoms with E-state index in [1.54, 1.807) is 12.1 Å². The van der Waals surface area contributed by atoms with Crippen molar-refractivity contribution in [1.29, 1.82) is 0 Å². The second-order valence-corrected chi connectivity index (χ2v) is 7.10. The standard InChI is InChI=1S/C18H24N2O3.ClH/c19-14-8-16-17(23-10-22-16)9-15(14)20-18(21)13-6-5-11-3-1-2-4-12(11)7-13;/h8-9,11-13H,1-7,10,19H2,(H,20,21);1H. The molecule has 0 spiro atoms. The third kappa shape index (κ3) is 3.27. The molecule has 3 N–H and O–H groups in total. The Morgan fingerprint density at radius 1 is 1.04 bits per heavy atom. The van der Waals surface area contributed by atoms with E-state index in [1.165, 1.54) is 32.1 Å². The van der Waals surface area contributed by atoms with Gasteiger partial charge in [-0.3, -0.25) is 4.79 Å². The third-order valence-electron chi connectivity index (χ3n) is 5.71. The highest BCUT2D eigenvalue weighted by atomic mass is 35.5. The van der Waals surface area contributed by atoms with Crippen molar-refractivity contribution in [2.75, 3.05) is 17.8 Å². The number of anilines is 2. The molecule has 1 amide bonds. The number of amides is 1. The SMILES string of the molecule is Cl.Nc1cc2c(cc1NC(=O)C1CCC3CCCCC3C1)OCO2. The molecule has 5 nitrogen and oxygen atoms in total. The van der Waals surface area contributed by atoms with Crippen molar-refractivity contribution in [3.63, 3.8) is 0 Å². The van der Waals surface area contributed by atoms with Crippen molar-refractivity contribution in [3.8, 4) is 11.5 Å². The summed E-state index contributed by atoms with van der Waals surface area (Å²) < 4.78 is 10.7. The lowest BCUT2D eigenvalue weighted by Crippen LogP contribution is -2.34. The van der Waals surface area contributed by atoms with Gasteiger partial charge in [-0.25, -0.2) is 0 Å². The molecule has 1 aromatic carbocycles. The van der Waals surface area contributed by atoms with Crippen molar-refractivity contribution in [2.24, 2.45) is 17.8 Å². The van der Waals surface area contributed by atoms with Crippen LogP contribution in [0.25, 0.3) is 0 Å². The quantitative estimate of drug-likeness (QED) is 0.790. The molecule has 1 aliphatic heterocycles. The third-order valence-corrected chi connectivity index (χ3v) is 5.71. The molecule has 3 aliphatic rings. The van der Waals surface area contributed by atoms with Gasteiger partial charge in [0.2, 0.25) is 12.7 Å². The lowest BCUT2D eigenvalue weighted by atomic mass is 9.67. The molecule has 2 aliphatic carbocycles. The number of nitrogens with two attached hydrogens (primary N) is 1. The van der Waals surface area contributed by atoms with Gasteiger partial charge in [-0.1, -0.05) is 25.7 Å². The van der Waals surface area contributed by atoms with E-state index in [1.807, 2.05) is 0 Å². The highest BCUT2D eigenvalue weighted by molar-refractivity contribution is 5.96. The van der Waals surface area contributed by atoms with E-state index in [0.29, 0.717) is 22.9 Å². The first-order valence-corrected chi connectivity index (χ1v) is 8.70. The maximum atomic E-state index is 12.7. The van der Waals surface area contributed by atoms with Crippen molar-refractivity contribution in [2.45, 2.75) is 44.9 Å². The number of carbonyl (C=O) groups is 1. The molecule has 1 aromatic rings. The topological polar surface area (TPSA) is 73.6 Å². The zero-order chi connectivity index (χ0) is 15.8. The minimum absolute atomic E-state index is 0. The van der Waals surface area contributed by atoms with Crippen LogP contribution in [-0.2, 0) is 4.79 Å². The first-order valence-electron chi connectivity index (χ1n) is 8.70. The Bertz CT molecular complexity index is 623. The summed E-state index contributed by atoms with van der Waals surface area (Å²) in [6.07, 6.45) is 8.56. The minimum Gasteiger partial charge on any atom is -0.454 e. The van der Waals surface area contributed by atoms with Crippen molar-refractivity contribution < 1.29 is 14.3 Å². The lowest BCUT2D eigenvalue weighted by Gasteiger charge is -2.38. The van der Waals surface area contributed by atoms with Crippen molar-refractivity contribution in [3.05, 3.63) is 12.1 Å². The number of fused-ring (bicyclic) bond motifs is 2. The number of carbonyl (C=O) groups excluding carboxylic acids is 1. The molecule has 1 heterocycles. The Balaban J connectivity index is 0.00000169. The zero-order valence-electron chi connectivity index (χ0n) is 13.8. The second-order valence-electron chi connectivity index (χ2n) is 7.10. The molecule has 3 atom stereocenters. The van der Waals surface area contributed by atoms with Gasteiger partial charge in [0.15, 0.2) is 11.5 Å². The molecule has 0 aromatic heterocycles. The van der Waals surface area contributed by atoms with Crippen LogP contribution in [0.2, 0.25) is 0 Å². The summed E-state index contributed by atoms with van der Waals surface area (Å²) in [6.45, 7) is 0.206. The first-order chi connectivity index (χ1) is 11.2. The van der Waals surface area contributed by atoms with E-state index in [2.05, 4.69) is 5.32 Å². The zero-order valence-corrected chi connectivity index (χ0v) is 14.6. The highest BCUT2D eigenvalue weighted by Crippen LogP contribution is 2.43. The molecular weight excluding hydrogens is 328 g/mol. The Labute approximate surface area is 148 Å². The highest BCUT2D eigenvalue weighted by Gasteiger charge is 2.35. The molecule has 0 saturated heterocycles. The predicted molar refractivity (Wildman–Crippen MR) is 95.6 cm³/mol. The maximum Gasteiger partial charge on any atom is 0.231 e. The summed E-state index contributed by atoms with van der Waals surface area (Å²) in [4.78, 5) is 12.7. The average molecular weight is 353 g/mol. The fourth-order valence-corrected chi connectivity index (χ4v) is 4.41. The van der Waals surface area contributed by atoms with E-state index in [-0.39, 0.29) is 31.0 Å². The number of hydrogen-bond acceptors (Lipinski definition) is 4. The Morgan fingerprint density at radius 3 is 2.54 bits per heavy atom. The van der Waals surface area contributed by atoms with Crippen LogP contribution in [0.3, 0.4) is 0 Å². The van der Waals surface area contributed by atoms with E-state index in [0.717, 1.165) is 24.7 Å². The van der Waals surface area contributed by atoms with Crippen LogP contribution in [0, 0.1) is 17.8 Å². The number of hydrogen-bond donors (Lipinski definition) is 2. The molecule has 6 heteroatoms. The van der Waals surface area contributed by atoms with Crippen LogP contribution in [0.5, 0.6) is 11.5 Å². The van der Waals surface area contributed by atoms with E-state index in [9.17, 15) is 4.79 Å². The average Bonchev–Trinajstić information content (AvgIpc) is 3.01. The summed E-state index contributed by atoms with van der Waals surface area (Å²) in [5.41, 5.74) is 7.18. The van der Waals surface area contributed by atoms with Crippen LogP contribution >= 0.6 is 12.4 Å². The number of nitrogen functional groups attached to an aromatic ring is 1. The monoisotopic (exact) mass is 352 g/mol. The fourth-order valence-electron chi connectivity index (χ4n) is 4.41. The Hall–Kier alpha value is -1.62. The van der Waals surface area contributed by atoms with Crippen LogP contribution in [0.4, 0.5) is 11.4 Å². The summed E-state index contributed by atoms with van der Waals surface area (Å²) in [5, 5.41) is 3.01. The molecule has 0 bridgehead atoms. The summed E-state index contributed by atoms with van der Waals surface area (Å²) >= 11 is 0. The van der Waals surface area contributed by atoms with Gasteiger partial charge in [0, 0.05) is 18.1 Å². The number of benzene rings is 1. The summed E-state index contributed by atoms with van der Waals surface area (Å²) in [6, 6.07) is 3.48. The minimum atomic E-state index is 0. The van der Waals surface area contributed by atoms with Crippen LogP contribution < -0.4 is 20.5 Å². The van der Waals surface area contributed by atoms with Gasteiger partial charge in [-0.2, -0.15) is 0 Å². The lowest BCUT2D eigenvalue weighted by molar-refractivity contribution is -0.122. The smallest absolute Gasteiger partial charge is 0.231 e. The predicted octanol–water partition coefficient (Wildman–Crippen LogP) is 3.96. The molecule has 3 unspecified atom stereocenters. The van der Waals surface area contributed by atoms with Crippen LogP contribution in [-0.4, -0.2) is 12.7 Å². The molecule has 0 radical (unpaired) electrons. The number of halogens is 1. The Morgan fingerprint density at radius 2 is 1.75 bits per heavy atom. The number of rotatable bonds is 2. The number of nitrogens with one attached hydrogen (secondary N) is 1. The van der Waals surface area contributed by atoms with Gasteiger partial charge in [0.25, 0.3) is 0 Å². The van der Waals surface area contributed by atoms with Gasteiger partial charge < -0.3 is 20.5 Å². The molecule has 24 heavy (non-hydrogen) atoms. The van der Waals surface area contributed by atoms with Gasteiger partial charge in [-0.15, -0.1) is 12.4 Å². The van der Waals surface area contributed by atoms with Crippen LogP contribution in [0.1, 0.15) is 44.9 Å². The van der Waals surface area contributed by atoms with E-state index >= 15 is 0 Å². The van der Waals surface area contributed by atoms with Gasteiger partial charge >= 0.3 is 0 Å².